The predicted octanol–water partition coefficient (Wildman–Crippen LogP) is 3.80. The summed E-state index contributed by atoms with van der Waals surface area (Å²) in [6.07, 6.45) is 3.15. The Morgan fingerprint density at radius 3 is 3.08 bits per heavy atom. The number of amides is 1. The number of hydrazone groups is 1. The van der Waals surface area contributed by atoms with Crippen molar-refractivity contribution in [3.63, 3.8) is 0 Å². The molecule has 1 amide bonds. The molecule has 25 heavy (non-hydrogen) atoms. The van der Waals surface area contributed by atoms with Crippen LogP contribution in [0.4, 0.5) is 0 Å². The third kappa shape index (κ3) is 3.20. The smallest absolute Gasteiger partial charge is 0.283 e. The molecule has 0 fully saturated rings. The number of thioether (sulfide) groups is 2. The zero-order valence-corrected chi connectivity index (χ0v) is 14.7. The lowest BCUT2D eigenvalue weighted by Gasteiger charge is -2.19. The van der Waals surface area contributed by atoms with Gasteiger partial charge in [0.1, 0.15) is 11.5 Å². The van der Waals surface area contributed by atoms with Gasteiger partial charge in [-0.15, -0.1) is 0 Å². The average molecular weight is 372 g/mol. The van der Waals surface area contributed by atoms with Gasteiger partial charge in [-0.3, -0.25) is 10.2 Å². The predicted molar refractivity (Wildman–Crippen MR) is 97.7 cm³/mol. The Hall–Kier alpha value is -2.52. The Kier molecular flexibility index (Phi) is 4.10. The quantitative estimate of drug-likeness (QED) is 0.648. The molecular formula is C16H12N4O3S2. The van der Waals surface area contributed by atoms with E-state index >= 15 is 0 Å². The van der Waals surface area contributed by atoms with Crippen LogP contribution in [0.15, 0.2) is 60.1 Å². The molecule has 0 aromatic carbocycles. The number of nitrogens with zero attached hydrogens (tertiary/aromatic N) is 3. The molecule has 2 aromatic heterocycles. The Balaban J connectivity index is 1.53. The Morgan fingerprint density at radius 2 is 2.28 bits per heavy atom. The van der Waals surface area contributed by atoms with Gasteiger partial charge < -0.3 is 8.83 Å². The second-order valence-electron chi connectivity index (χ2n) is 5.16. The molecule has 0 unspecified atom stereocenters. The number of rotatable bonds is 4. The van der Waals surface area contributed by atoms with Gasteiger partial charge in [0, 0.05) is 0 Å². The number of furan rings is 2. The highest BCUT2D eigenvalue weighted by Crippen LogP contribution is 2.29. The van der Waals surface area contributed by atoms with Crippen LogP contribution < -0.4 is 0 Å². The van der Waals surface area contributed by atoms with Gasteiger partial charge >= 0.3 is 0 Å². The van der Waals surface area contributed by atoms with Crippen molar-refractivity contribution >= 4 is 51.6 Å². The molecule has 2 aliphatic heterocycles. The molecular weight excluding hydrogens is 360 g/mol. The Bertz CT molecular complexity index is 941. The van der Waals surface area contributed by atoms with Crippen LogP contribution in [0.25, 0.3) is 6.08 Å². The van der Waals surface area contributed by atoms with Gasteiger partial charge in [0.2, 0.25) is 5.17 Å². The van der Waals surface area contributed by atoms with Gasteiger partial charge in [-0.05, 0) is 49.0 Å². The van der Waals surface area contributed by atoms with E-state index in [-0.39, 0.29) is 11.4 Å². The molecule has 0 radical (unpaired) electrons. The Morgan fingerprint density at radius 1 is 1.40 bits per heavy atom. The largest absolute Gasteiger partial charge is 0.468 e. The third-order valence-corrected chi connectivity index (χ3v) is 5.14. The van der Waals surface area contributed by atoms with Gasteiger partial charge in [-0.25, -0.2) is 0 Å². The summed E-state index contributed by atoms with van der Waals surface area (Å²) in [5.74, 6) is 1.53. The summed E-state index contributed by atoms with van der Waals surface area (Å²) in [7, 11) is 0. The summed E-state index contributed by atoms with van der Waals surface area (Å²) >= 11 is 2.76. The first-order valence-corrected chi connectivity index (χ1v) is 9.12. The first-order chi connectivity index (χ1) is 12.1. The number of aliphatic imine (C=N–C) groups is 1. The number of amidine groups is 2. The fraction of sp³-hybridized carbons (Fsp3) is 0.125. The standard InChI is InChI=1S/C16H12N4O3S2/c1-9-19-20-14(17)12(15(21)18-16(20)25-9)7-10-4-5-13(23-10)24-8-11-3-2-6-22-11/h2-7,17H,8H2,1H3/b12-7-,17-14?. The summed E-state index contributed by atoms with van der Waals surface area (Å²) in [5.41, 5.74) is 0.153. The minimum Gasteiger partial charge on any atom is -0.468 e. The molecule has 0 saturated carbocycles. The molecule has 1 N–H and O–H groups in total. The number of carbonyl (C=O) groups excluding carboxylic acids is 1. The maximum absolute atomic E-state index is 12.2. The maximum atomic E-state index is 12.2. The average Bonchev–Trinajstić information content (AvgIpc) is 3.30. The van der Waals surface area contributed by atoms with Gasteiger partial charge in [0.05, 0.1) is 22.6 Å². The van der Waals surface area contributed by atoms with Gasteiger partial charge in [0.15, 0.2) is 10.9 Å². The van der Waals surface area contributed by atoms with E-state index in [0.29, 0.717) is 21.8 Å². The van der Waals surface area contributed by atoms with Crippen LogP contribution in [0.1, 0.15) is 18.4 Å². The summed E-state index contributed by atoms with van der Waals surface area (Å²) in [6, 6.07) is 7.31. The van der Waals surface area contributed by atoms with Gasteiger partial charge in [-0.2, -0.15) is 15.1 Å². The topological polar surface area (TPSA) is 95.2 Å². The van der Waals surface area contributed by atoms with E-state index in [2.05, 4.69) is 10.1 Å². The van der Waals surface area contributed by atoms with Crippen molar-refractivity contribution in [2.24, 2.45) is 10.1 Å². The van der Waals surface area contributed by atoms with E-state index in [1.165, 1.54) is 34.6 Å². The monoisotopic (exact) mass is 372 g/mol. The minimum absolute atomic E-state index is 0.000499. The number of carbonyl (C=O) groups is 1. The van der Waals surface area contributed by atoms with Crippen LogP contribution in [-0.2, 0) is 10.5 Å². The van der Waals surface area contributed by atoms with Crippen LogP contribution in [0.3, 0.4) is 0 Å². The summed E-state index contributed by atoms with van der Waals surface area (Å²) in [4.78, 5) is 16.2. The molecule has 7 nitrogen and oxygen atoms in total. The van der Waals surface area contributed by atoms with Crippen molar-refractivity contribution < 1.29 is 13.6 Å². The van der Waals surface area contributed by atoms with Gasteiger partial charge in [-0.1, -0.05) is 11.8 Å². The fourth-order valence-corrected chi connectivity index (χ4v) is 3.76. The van der Waals surface area contributed by atoms with Gasteiger partial charge in [0.25, 0.3) is 5.91 Å². The number of fused-ring (bicyclic) bond motifs is 1. The van der Waals surface area contributed by atoms with Crippen LogP contribution in [0.5, 0.6) is 0 Å². The number of hydrogen-bond acceptors (Lipinski definition) is 7. The summed E-state index contributed by atoms with van der Waals surface area (Å²) < 4.78 is 11.0. The van der Waals surface area contributed by atoms with Crippen LogP contribution >= 0.6 is 23.5 Å². The molecule has 0 aliphatic carbocycles. The van der Waals surface area contributed by atoms with E-state index in [1.807, 2.05) is 25.1 Å². The zero-order chi connectivity index (χ0) is 17.4. The van der Waals surface area contributed by atoms with Crippen molar-refractivity contribution in [1.29, 1.82) is 5.41 Å². The third-order valence-electron chi connectivity index (χ3n) is 3.38. The van der Waals surface area contributed by atoms with Crippen LogP contribution in [0, 0.1) is 5.41 Å². The lowest BCUT2D eigenvalue weighted by atomic mass is 10.1. The van der Waals surface area contributed by atoms with E-state index in [4.69, 9.17) is 14.2 Å². The van der Waals surface area contributed by atoms with E-state index in [9.17, 15) is 4.79 Å². The highest BCUT2D eigenvalue weighted by atomic mass is 32.2. The number of hydrogen-bond donors (Lipinski definition) is 1. The highest BCUT2D eigenvalue weighted by molar-refractivity contribution is 8.26. The van der Waals surface area contributed by atoms with Crippen molar-refractivity contribution in [2.75, 3.05) is 0 Å². The lowest BCUT2D eigenvalue weighted by molar-refractivity contribution is -0.114. The molecule has 0 atom stereocenters. The van der Waals surface area contributed by atoms with Crippen molar-refractivity contribution in [2.45, 2.75) is 17.8 Å². The zero-order valence-electron chi connectivity index (χ0n) is 13.1. The molecule has 2 aromatic rings. The lowest BCUT2D eigenvalue weighted by Crippen LogP contribution is -2.35. The molecule has 2 aliphatic rings. The molecule has 4 rings (SSSR count). The Labute approximate surface area is 151 Å². The first kappa shape index (κ1) is 16.0. The second kappa shape index (κ2) is 6.41. The van der Waals surface area contributed by atoms with E-state index < -0.39 is 5.91 Å². The maximum Gasteiger partial charge on any atom is 0.283 e. The van der Waals surface area contributed by atoms with E-state index in [1.54, 1.807) is 12.3 Å². The molecule has 126 valence electrons. The van der Waals surface area contributed by atoms with E-state index in [0.717, 1.165) is 10.8 Å². The molecule has 0 saturated heterocycles. The fourth-order valence-electron chi connectivity index (χ4n) is 2.26. The highest BCUT2D eigenvalue weighted by Gasteiger charge is 2.34. The molecule has 4 heterocycles. The first-order valence-electron chi connectivity index (χ1n) is 7.32. The van der Waals surface area contributed by atoms with Crippen molar-refractivity contribution in [1.82, 2.24) is 5.01 Å². The number of nitrogens with one attached hydrogen (secondary N) is 1. The minimum atomic E-state index is -0.463. The molecule has 9 heteroatoms. The van der Waals surface area contributed by atoms with Crippen LogP contribution in [-0.4, -0.2) is 27.0 Å². The second-order valence-corrected chi connectivity index (χ2v) is 7.30. The van der Waals surface area contributed by atoms with Crippen molar-refractivity contribution in [3.05, 3.63) is 47.6 Å². The molecule has 0 bridgehead atoms. The normalized spacial score (nSPS) is 18.6. The molecule has 0 spiro atoms. The van der Waals surface area contributed by atoms with Crippen LogP contribution in [0.2, 0.25) is 0 Å². The summed E-state index contributed by atoms with van der Waals surface area (Å²) in [6.45, 7) is 1.81. The summed E-state index contributed by atoms with van der Waals surface area (Å²) in [5, 5.41) is 15.6. The SMILES string of the molecule is CC1=NN2C(=N)/C(=C/c3ccc(SCc4ccco4)o3)C(=O)N=C2S1. The van der Waals surface area contributed by atoms with Crippen molar-refractivity contribution in [3.8, 4) is 0 Å².